The third-order valence-electron chi connectivity index (χ3n) is 3.74. The predicted octanol–water partition coefficient (Wildman–Crippen LogP) is 3.26. The maximum Gasteiger partial charge on any atom is 0.0994 e. The largest absolute Gasteiger partial charge is 0.378 e. The second kappa shape index (κ2) is 4.27. The van der Waals surface area contributed by atoms with E-state index in [2.05, 4.69) is 19.9 Å². The molecule has 0 aliphatic rings. The molecular formula is C14H19NO. The highest BCUT2D eigenvalue weighted by molar-refractivity contribution is 5.43. The summed E-state index contributed by atoms with van der Waals surface area (Å²) in [6, 6.07) is 9.94. The van der Waals surface area contributed by atoms with Gasteiger partial charge in [0.25, 0.3) is 0 Å². The van der Waals surface area contributed by atoms with E-state index in [9.17, 15) is 0 Å². The van der Waals surface area contributed by atoms with Crippen molar-refractivity contribution in [2.24, 2.45) is 0 Å². The minimum Gasteiger partial charge on any atom is -0.378 e. The number of ether oxygens (including phenoxy) is 1. The van der Waals surface area contributed by atoms with Gasteiger partial charge in [-0.3, -0.25) is 0 Å². The van der Waals surface area contributed by atoms with Crippen molar-refractivity contribution in [1.29, 1.82) is 5.26 Å². The lowest BCUT2D eigenvalue weighted by Crippen LogP contribution is -2.44. The molecule has 16 heavy (non-hydrogen) atoms. The fraction of sp³-hybridized carbons (Fsp3) is 0.500. The maximum absolute atomic E-state index is 9.13. The van der Waals surface area contributed by atoms with E-state index < -0.39 is 0 Å². The van der Waals surface area contributed by atoms with E-state index in [1.807, 2.05) is 38.1 Å². The Balaban J connectivity index is 3.33. The monoisotopic (exact) mass is 217 g/mol. The Bertz CT molecular complexity index is 413. The summed E-state index contributed by atoms with van der Waals surface area (Å²) in [5, 5.41) is 9.13. The summed E-state index contributed by atoms with van der Waals surface area (Å²) in [7, 11) is 1.71. The Labute approximate surface area is 97.9 Å². The summed E-state index contributed by atoms with van der Waals surface area (Å²) < 4.78 is 5.55. The zero-order valence-corrected chi connectivity index (χ0v) is 10.7. The SMILES string of the molecule is COC(C)(C)C(C)(C)c1ccccc1C#N. The molecule has 0 aliphatic heterocycles. The van der Waals surface area contributed by atoms with Crippen LogP contribution in [0.3, 0.4) is 0 Å². The van der Waals surface area contributed by atoms with Crippen molar-refractivity contribution in [3.8, 4) is 6.07 Å². The smallest absolute Gasteiger partial charge is 0.0994 e. The highest BCUT2D eigenvalue weighted by Crippen LogP contribution is 2.38. The van der Waals surface area contributed by atoms with Crippen LogP contribution in [0.4, 0.5) is 0 Å². The molecule has 2 nitrogen and oxygen atoms in total. The zero-order chi connectivity index (χ0) is 12.4. The molecule has 0 bridgehead atoms. The Morgan fingerprint density at radius 2 is 1.69 bits per heavy atom. The van der Waals surface area contributed by atoms with Crippen molar-refractivity contribution in [3.63, 3.8) is 0 Å². The van der Waals surface area contributed by atoms with Gasteiger partial charge in [-0.05, 0) is 25.5 Å². The fourth-order valence-electron chi connectivity index (χ4n) is 1.71. The summed E-state index contributed by atoms with van der Waals surface area (Å²) in [6.45, 7) is 8.29. The lowest BCUT2D eigenvalue weighted by atomic mass is 9.70. The first kappa shape index (κ1) is 12.7. The molecule has 0 saturated heterocycles. The van der Waals surface area contributed by atoms with Gasteiger partial charge in [0.1, 0.15) is 0 Å². The number of rotatable bonds is 3. The molecule has 0 heterocycles. The van der Waals surface area contributed by atoms with Gasteiger partial charge in [-0.2, -0.15) is 5.26 Å². The van der Waals surface area contributed by atoms with Gasteiger partial charge in [0.15, 0.2) is 0 Å². The Morgan fingerprint density at radius 1 is 1.12 bits per heavy atom. The van der Waals surface area contributed by atoms with E-state index in [1.54, 1.807) is 7.11 Å². The van der Waals surface area contributed by atoms with Crippen molar-refractivity contribution < 1.29 is 4.74 Å². The van der Waals surface area contributed by atoms with E-state index in [0.717, 1.165) is 11.1 Å². The van der Waals surface area contributed by atoms with E-state index in [0.29, 0.717) is 0 Å². The number of benzene rings is 1. The third-order valence-corrected chi connectivity index (χ3v) is 3.74. The quantitative estimate of drug-likeness (QED) is 0.778. The molecule has 0 fully saturated rings. The average Bonchev–Trinajstić information content (AvgIpc) is 2.28. The van der Waals surface area contributed by atoms with Crippen molar-refractivity contribution in [1.82, 2.24) is 0 Å². The van der Waals surface area contributed by atoms with Crippen molar-refractivity contribution >= 4 is 0 Å². The van der Waals surface area contributed by atoms with Crippen LogP contribution in [0.25, 0.3) is 0 Å². The fourth-order valence-corrected chi connectivity index (χ4v) is 1.71. The van der Waals surface area contributed by atoms with Crippen LogP contribution < -0.4 is 0 Å². The van der Waals surface area contributed by atoms with Crippen molar-refractivity contribution in [3.05, 3.63) is 35.4 Å². The molecule has 0 aromatic heterocycles. The molecular weight excluding hydrogens is 198 g/mol. The van der Waals surface area contributed by atoms with Crippen molar-refractivity contribution in [2.75, 3.05) is 7.11 Å². The van der Waals surface area contributed by atoms with Crippen LogP contribution in [0.1, 0.15) is 38.8 Å². The first-order chi connectivity index (χ1) is 7.36. The molecule has 0 spiro atoms. The van der Waals surface area contributed by atoms with Gasteiger partial charge < -0.3 is 4.74 Å². The molecule has 0 radical (unpaired) electrons. The maximum atomic E-state index is 9.13. The van der Waals surface area contributed by atoms with Gasteiger partial charge in [-0.1, -0.05) is 32.0 Å². The first-order valence-electron chi connectivity index (χ1n) is 5.41. The molecule has 0 N–H and O–H groups in total. The third kappa shape index (κ3) is 1.96. The van der Waals surface area contributed by atoms with Crippen LogP contribution in [0.2, 0.25) is 0 Å². The number of hydrogen-bond donors (Lipinski definition) is 0. The van der Waals surface area contributed by atoms with E-state index in [-0.39, 0.29) is 11.0 Å². The lowest BCUT2D eigenvalue weighted by Gasteiger charge is -2.41. The number of hydrogen-bond acceptors (Lipinski definition) is 2. The number of nitriles is 1. The Morgan fingerprint density at radius 3 is 2.19 bits per heavy atom. The first-order valence-corrected chi connectivity index (χ1v) is 5.41. The van der Waals surface area contributed by atoms with E-state index >= 15 is 0 Å². The van der Waals surface area contributed by atoms with Crippen LogP contribution in [0.5, 0.6) is 0 Å². The second-order valence-electron chi connectivity index (χ2n) is 5.00. The highest BCUT2D eigenvalue weighted by atomic mass is 16.5. The predicted molar refractivity (Wildman–Crippen MR) is 65.3 cm³/mol. The topological polar surface area (TPSA) is 33.0 Å². The molecule has 1 aromatic rings. The van der Waals surface area contributed by atoms with Crippen molar-refractivity contribution in [2.45, 2.75) is 38.7 Å². The zero-order valence-electron chi connectivity index (χ0n) is 10.7. The molecule has 0 amide bonds. The summed E-state index contributed by atoms with van der Waals surface area (Å²) in [5.74, 6) is 0. The molecule has 0 saturated carbocycles. The summed E-state index contributed by atoms with van der Waals surface area (Å²) in [5.41, 5.74) is 1.22. The van der Waals surface area contributed by atoms with E-state index in [1.165, 1.54) is 0 Å². The molecule has 86 valence electrons. The molecule has 1 aromatic carbocycles. The minimum absolute atomic E-state index is 0.214. The summed E-state index contributed by atoms with van der Waals surface area (Å²) in [4.78, 5) is 0. The number of nitrogens with zero attached hydrogens (tertiary/aromatic N) is 1. The van der Waals surface area contributed by atoms with Crippen LogP contribution >= 0.6 is 0 Å². The van der Waals surface area contributed by atoms with Gasteiger partial charge in [0.2, 0.25) is 0 Å². The standard InChI is InChI=1S/C14H19NO/c1-13(2,14(3,4)16-5)12-9-7-6-8-11(12)10-15/h6-9H,1-5H3. The van der Waals surface area contributed by atoms with Gasteiger partial charge in [0, 0.05) is 12.5 Å². The van der Waals surface area contributed by atoms with Gasteiger partial charge in [-0.15, -0.1) is 0 Å². The van der Waals surface area contributed by atoms with Gasteiger partial charge in [0.05, 0.1) is 17.2 Å². The van der Waals surface area contributed by atoms with Crippen LogP contribution in [0.15, 0.2) is 24.3 Å². The van der Waals surface area contributed by atoms with Gasteiger partial charge >= 0.3 is 0 Å². The Kier molecular flexibility index (Phi) is 3.40. The van der Waals surface area contributed by atoms with Crippen LogP contribution in [-0.4, -0.2) is 12.7 Å². The molecule has 1 rings (SSSR count). The summed E-state index contributed by atoms with van der Waals surface area (Å²) in [6.07, 6.45) is 0. The Hall–Kier alpha value is -1.33. The lowest BCUT2D eigenvalue weighted by molar-refractivity contribution is -0.0342. The minimum atomic E-state index is -0.319. The average molecular weight is 217 g/mol. The highest BCUT2D eigenvalue weighted by Gasteiger charge is 2.39. The summed E-state index contributed by atoms with van der Waals surface area (Å²) >= 11 is 0. The van der Waals surface area contributed by atoms with Gasteiger partial charge in [-0.25, -0.2) is 0 Å². The molecule has 0 atom stereocenters. The normalized spacial score (nSPS) is 12.2. The van der Waals surface area contributed by atoms with E-state index in [4.69, 9.17) is 10.00 Å². The molecule has 0 aliphatic carbocycles. The van der Waals surface area contributed by atoms with Crippen LogP contribution in [-0.2, 0) is 10.2 Å². The second-order valence-corrected chi connectivity index (χ2v) is 5.00. The molecule has 2 heteroatoms. The number of methoxy groups -OCH3 is 1. The van der Waals surface area contributed by atoms with Crippen LogP contribution in [0, 0.1) is 11.3 Å². The molecule has 0 unspecified atom stereocenters.